The van der Waals surface area contributed by atoms with Crippen LogP contribution in [0.15, 0.2) is 66.7 Å². The van der Waals surface area contributed by atoms with Gasteiger partial charge in [0.2, 0.25) is 5.91 Å². The summed E-state index contributed by atoms with van der Waals surface area (Å²) in [6.45, 7) is 11.0. The number of hydrogen-bond acceptors (Lipinski definition) is 3. The second-order valence-electron chi connectivity index (χ2n) is 8.99. The molecule has 3 rings (SSSR count). The van der Waals surface area contributed by atoms with Gasteiger partial charge in [-0.1, -0.05) is 76.9 Å². The highest BCUT2D eigenvalue weighted by Gasteiger charge is 2.11. The highest BCUT2D eigenvalue weighted by atomic mass is 16.5. The van der Waals surface area contributed by atoms with Crippen molar-refractivity contribution in [2.24, 2.45) is 0 Å². The molecule has 0 spiro atoms. The molecule has 0 aliphatic rings. The van der Waals surface area contributed by atoms with Crippen LogP contribution in [0.25, 0.3) is 6.08 Å². The van der Waals surface area contributed by atoms with E-state index in [1.807, 2.05) is 73.4 Å². The van der Waals surface area contributed by atoms with Crippen molar-refractivity contribution in [2.45, 2.75) is 47.7 Å². The van der Waals surface area contributed by atoms with E-state index >= 15 is 0 Å². The summed E-state index contributed by atoms with van der Waals surface area (Å²) in [6, 6.07) is 20.2. The number of carbonyl (C=O) groups is 2. The van der Waals surface area contributed by atoms with Gasteiger partial charge in [0.25, 0.3) is 0 Å². The molecule has 0 aliphatic heterocycles. The average Bonchev–Trinajstić information content (AvgIpc) is 2.75. The number of carbonyl (C=O) groups excluding carboxylic acids is 2. The first-order valence-electron chi connectivity index (χ1n) is 11.5. The van der Waals surface area contributed by atoms with E-state index in [0.717, 1.165) is 27.8 Å². The van der Waals surface area contributed by atoms with Gasteiger partial charge in [-0.3, -0.25) is 4.79 Å². The molecule has 0 saturated carbocycles. The molecule has 0 unspecified atom stereocenters. The largest absolute Gasteiger partial charge is 0.458 e. The van der Waals surface area contributed by atoms with Crippen LogP contribution in [0, 0.1) is 27.7 Å². The SMILES string of the molecule is CC(=O)N(Cc1ccc(/C=C/COC(=O)c2cc(C)cc(C)c2)cc1)Cc1cc(C)cc(C)c1. The zero-order valence-corrected chi connectivity index (χ0v) is 20.7. The van der Waals surface area contributed by atoms with Gasteiger partial charge in [-0.25, -0.2) is 4.79 Å². The van der Waals surface area contributed by atoms with Crippen molar-refractivity contribution < 1.29 is 14.3 Å². The third-order valence-corrected chi connectivity index (χ3v) is 5.53. The molecule has 0 N–H and O–H groups in total. The summed E-state index contributed by atoms with van der Waals surface area (Å²) in [5.41, 5.74) is 8.28. The lowest BCUT2D eigenvalue weighted by Gasteiger charge is -2.22. The number of nitrogens with zero attached hydrogens (tertiary/aromatic N) is 1. The minimum Gasteiger partial charge on any atom is -0.458 e. The molecule has 0 bridgehead atoms. The monoisotopic (exact) mass is 455 g/mol. The number of aryl methyl sites for hydroxylation is 4. The number of esters is 1. The molecule has 0 heterocycles. The maximum Gasteiger partial charge on any atom is 0.338 e. The molecule has 0 fully saturated rings. The fraction of sp³-hybridized carbons (Fsp3) is 0.267. The van der Waals surface area contributed by atoms with Crippen LogP contribution >= 0.6 is 0 Å². The highest BCUT2D eigenvalue weighted by Crippen LogP contribution is 2.15. The Labute approximate surface area is 202 Å². The van der Waals surface area contributed by atoms with E-state index in [4.69, 9.17) is 4.74 Å². The zero-order chi connectivity index (χ0) is 24.7. The minimum absolute atomic E-state index is 0.0498. The minimum atomic E-state index is -0.320. The summed E-state index contributed by atoms with van der Waals surface area (Å²) < 4.78 is 5.37. The van der Waals surface area contributed by atoms with Crippen LogP contribution in [-0.2, 0) is 22.6 Å². The number of amides is 1. The van der Waals surface area contributed by atoms with Crippen LogP contribution in [0.4, 0.5) is 0 Å². The summed E-state index contributed by atoms with van der Waals surface area (Å²) in [5, 5.41) is 0. The molecule has 1 amide bonds. The molecule has 3 aromatic rings. The topological polar surface area (TPSA) is 46.6 Å². The van der Waals surface area contributed by atoms with Crippen LogP contribution in [0.3, 0.4) is 0 Å². The first-order valence-corrected chi connectivity index (χ1v) is 11.5. The Hall–Kier alpha value is -3.66. The molecule has 0 radical (unpaired) electrons. The predicted molar refractivity (Wildman–Crippen MR) is 138 cm³/mol. The number of benzene rings is 3. The standard InChI is InChI=1S/C30H33NO3/c1-21-13-22(2)16-28(15-21)20-31(25(5)32)19-27-10-8-26(9-11-27)7-6-12-34-30(33)29-17-23(3)14-24(4)18-29/h6-11,13-18H,12,19-20H2,1-5H3/b7-6+. The summed E-state index contributed by atoms with van der Waals surface area (Å²) in [6.07, 6.45) is 3.76. The fourth-order valence-electron chi connectivity index (χ4n) is 4.10. The first-order chi connectivity index (χ1) is 16.2. The Morgan fingerprint density at radius 3 is 1.85 bits per heavy atom. The van der Waals surface area contributed by atoms with E-state index < -0.39 is 0 Å². The van der Waals surface area contributed by atoms with Crippen LogP contribution in [0.5, 0.6) is 0 Å². The lowest BCUT2D eigenvalue weighted by molar-refractivity contribution is -0.130. The molecule has 34 heavy (non-hydrogen) atoms. The molecule has 4 heteroatoms. The molecule has 0 aromatic heterocycles. The van der Waals surface area contributed by atoms with E-state index in [0.29, 0.717) is 18.7 Å². The summed E-state index contributed by atoms with van der Waals surface area (Å²) in [4.78, 5) is 26.3. The maximum atomic E-state index is 12.2. The van der Waals surface area contributed by atoms with Crippen LogP contribution in [-0.4, -0.2) is 23.4 Å². The van der Waals surface area contributed by atoms with Crippen molar-refractivity contribution in [3.05, 3.63) is 111 Å². The maximum absolute atomic E-state index is 12.2. The van der Waals surface area contributed by atoms with Gasteiger partial charge in [0, 0.05) is 20.0 Å². The van der Waals surface area contributed by atoms with Gasteiger partial charge in [-0.15, -0.1) is 0 Å². The van der Waals surface area contributed by atoms with Gasteiger partial charge in [0.15, 0.2) is 0 Å². The van der Waals surface area contributed by atoms with E-state index in [-0.39, 0.29) is 18.5 Å². The van der Waals surface area contributed by atoms with Crippen LogP contribution in [0.1, 0.15) is 56.2 Å². The lowest BCUT2D eigenvalue weighted by atomic mass is 10.1. The predicted octanol–water partition coefficient (Wildman–Crippen LogP) is 6.34. The second-order valence-corrected chi connectivity index (χ2v) is 8.99. The van der Waals surface area contributed by atoms with Gasteiger partial charge < -0.3 is 9.64 Å². The van der Waals surface area contributed by atoms with Gasteiger partial charge >= 0.3 is 5.97 Å². The van der Waals surface area contributed by atoms with Crippen molar-refractivity contribution >= 4 is 18.0 Å². The Morgan fingerprint density at radius 2 is 1.29 bits per heavy atom. The molecular formula is C30H33NO3. The van der Waals surface area contributed by atoms with Crippen molar-refractivity contribution in [3.8, 4) is 0 Å². The van der Waals surface area contributed by atoms with Crippen molar-refractivity contribution in [2.75, 3.05) is 6.61 Å². The van der Waals surface area contributed by atoms with Gasteiger partial charge in [-0.2, -0.15) is 0 Å². The van der Waals surface area contributed by atoms with Gasteiger partial charge in [-0.05, 0) is 62.6 Å². The smallest absolute Gasteiger partial charge is 0.338 e. The molecule has 0 atom stereocenters. The third kappa shape index (κ3) is 7.45. The summed E-state index contributed by atoms with van der Waals surface area (Å²) in [5.74, 6) is -0.270. The van der Waals surface area contributed by atoms with Gasteiger partial charge in [0.05, 0.1) is 5.56 Å². The molecule has 0 saturated heterocycles. The quantitative estimate of drug-likeness (QED) is 0.372. The molecule has 4 nitrogen and oxygen atoms in total. The van der Waals surface area contributed by atoms with E-state index in [1.165, 1.54) is 11.1 Å². The van der Waals surface area contributed by atoms with Crippen molar-refractivity contribution in [1.82, 2.24) is 4.90 Å². The summed E-state index contributed by atoms with van der Waals surface area (Å²) >= 11 is 0. The van der Waals surface area contributed by atoms with Crippen molar-refractivity contribution in [1.29, 1.82) is 0 Å². The van der Waals surface area contributed by atoms with Crippen LogP contribution in [0.2, 0.25) is 0 Å². The van der Waals surface area contributed by atoms with Crippen LogP contribution < -0.4 is 0 Å². The fourth-order valence-corrected chi connectivity index (χ4v) is 4.10. The first kappa shape index (κ1) is 25.0. The number of rotatable bonds is 8. The number of hydrogen-bond donors (Lipinski definition) is 0. The molecule has 0 aliphatic carbocycles. The van der Waals surface area contributed by atoms with Crippen molar-refractivity contribution in [3.63, 3.8) is 0 Å². The Balaban J connectivity index is 1.55. The Morgan fingerprint density at radius 1 is 0.765 bits per heavy atom. The zero-order valence-electron chi connectivity index (χ0n) is 20.7. The normalized spacial score (nSPS) is 11.0. The summed E-state index contributed by atoms with van der Waals surface area (Å²) in [7, 11) is 0. The third-order valence-electron chi connectivity index (χ3n) is 5.53. The Bertz CT molecular complexity index is 1150. The second kappa shape index (κ2) is 11.5. The van der Waals surface area contributed by atoms with E-state index in [2.05, 4.69) is 32.0 Å². The number of ether oxygens (including phenoxy) is 1. The highest BCUT2D eigenvalue weighted by molar-refractivity contribution is 5.90. The van der Waals surface area contributed by atoms with E-state index in [9.17, 15) is 9.59 Å². The lowest BCUT2D eigenvalue weighted by Crippen LogP contribution is -2.27. The van der Waals surface area contributed by atoms with E-state index in [1.54, 1.807) is 6.92 Å². The molecule has 176 valence electrons. The average molecular weight is 456 g/mol. The van der Waals surface area contributed by atoms with Gasteiger partial charge in [0.1, 0.15) is 6.61 Å². The Kier molecular flexibility index (Phi) is 8.42. The molecule has 3 aromatic carbocycles. The molecular weight excluding hydrogens is 422 g/mol.